The van der Waals surface area contributed by atoms with Gasteiger partial charge in [-0.05, 0) is 66.4 Å². The lowest BCUT2D eigenvalue weighted by atomic mass is 9.87. The Labute approximate surface area is 193 Å². The van der Waals surface area contributed by atoms with Crippen molar-refractivity contribution in [3.05, 3.63) is 88.9 Å². The number of anilines is 2. The monoisotopic (exact) mass is 450 g/mol. The lowest BCUT2D eigenvalue weighted by Crippen LogP contribution is -2.30. The number of hydrogen-bond acceptors (Lipinski definition) is 3. The molecule has 0 fully saturated rings. The molecule has 0 unspecified atom stereocenters. The van der Waals surface area contributed by atoms with Crippen LogP contribution in [0.3, 0.4) is 0 Å². The summed E-state index contributed by atoms with van der Waals surface area (Å²) in [6.07, 6.45) is -0.731. The Morgan fingerprint density at radius 3 is 1.97 bits per heavy atom. The van der Waals surface area contributed by atoms with E-state index in [9.17, 15) is 9.59 Å². The second-order valence-electron chi connectivity index (χ2n) is 8.54. The van der Waals surface area contributed by atoms with Crippen molar-refractivity contribution in [2.75, 3.05) is 10.6 Å². The quantitative estimate of drug-likeness (QED) is 0.463. The molecule has 0 saturated heterocycles. The molecule has 32 heavy (non-hydrogen) atoms. The number of carbonyl (C=O) groups excluding carboxylic acids is 2. The maximum Gasteiger partial charge on any atom is 0.265 e. The van der Waals surface area contributed by atoms with E-state index in [1.807, 2.05) is 24.3 Å². The number of nitrogens with one attached hydrogen (secondary N) is 2. The SMILES string of the molecule is C[C@H](Oc1ccccc1Cl)C(=O)Nc1ccc(NC(=O)c2ccc(C(C)(C)C)cc2)cc1. The van der Waals surface area contributed by atoms with Crippen LogP contribution in [0.1, 0.15) is 43.6 Å². The largest absolute Gasteiger partial charge is 0.479 e. The molecule has 2 amide bonds. The molecule has 0 saturated carbocycles. The van der Waals surface area contributed by atoms with E-state index in [2.05, 4.69) is 31.4 Å². The number of benzene rings is 3. The van der Waals surface area contributed by atoms with Crippen molar-refractivity contribution < 1.29 is 14.3 Å². The van der Waals surface area contributed by atoms with Crippen molar-refractivity contribution in [3.63, 3.8) is 0 Å². The van der Waals surface area contributed by atoms with Crippen molar-refractivity contribution in [2.45, 2.75) is 39.2 Å². The molecule has 0 spiro atoms. The van der Waals surface area contributed by atoms with Gasteiger partial charge >= 0.3 is 0 Å². The molecule has 6 heteroatoms. The zero-order valence-electron chi connectivity index (χ0n) is 18.6. The van der Waals surface area contributed by atoms with Gasteiger partial charge in [0.25, 0.3) is 11.8 Å². The van der Waals surface area contributed by atoms with Crippen LogP contribution >= 0.6 is 11.6 Å². The van der Waals surface area contributed by atoms with Crippen LogP contribution in [0.4, 0.5) is 11.4 Å². The number of halogens is 1. The first-order chi connectivity index (χ1) is 15.1. The van der Waals surface area contributed by atoms with Crippen molar-refractivity contribution >= 4 is 34.8 Å². The van der Waals surface area contributed by atoms with E-state index >= 15 is 0 Å². The molecule has 0 radical (unpaired) electrons. The first kappa shape index (κ1) is 23.4. The van der Waals surface area contributed by atoms with Gasteiger partial charge in [-0.15, -0.1) is 0 Å². The zero-order chi connectivity index (χ0) is 23.3. The highest BCUT2D eigenvalue weighted by atomic mass is 35.5. The first-order valence-corrected chi connectivity index (χ1v) is 10.8. The third kappa shape index (κ3) is 6.11. The number of amides is 2. The van der Waals surface area contributed by atoms with Crippen LogP contribution in [0.25, 0.3) is 0 Å². The number of ether oxygens (including phenoxy) is 1. The van der Waals surface area contributed by atoms with Gasteiger partial charge in [0, 0.05) is 16.9 Å². The van der Waals surface area contributed by atoms with Gasteiger partial charge in [0.15, 0.2) is 6.10 Å². The summed E-state index contributed by atoms with van der Waals surface area (Å²) in [4.78, 5) is 24.9. The van der Waals surface area contributed by atoms with Crippen molar-refractivity contribution in [1.82, 2.24) is 0 Å². The summed E-state index contributed by atoms with van der Waals surface area (Å²) in [6, 6.07) is 21.5. The van der Waals surface area contributed by atoms with Crippen LogP contribution in [-0.2, 0) is 10.2 Å². The number of hydrogen-bond donors (Lipinski definition) is 2. The summed E-state index contributed by atoms with van der Waals surface area (Å²) in [6.45, 7) is 8.04. The van der Waals surface area contributed by atoms with E-state index in [0.29, 0.717) is 27.7 Å². The van der Waals surface area contributed by atoms with Crippen LogP contribution in [0.2, 0.25) is 5.02 Å². The topological polar surface area (TPSA) is 67.4 Å². The molecule has 0 bridgehead atoms. The van der Waals surface area contributed by atoms with E-state index in [-0.39, 0.29) is 17.2 Å². The lowest BCUT2D eigenvalue weighted by Gasteiger charge is -2.19. The Hall–Kier alpha value is -3.31. The van der Waals surface area contributed by atoms with E-state index in [0.717, 1.165) is 0 Å². The molecule has 0 aliphatic rings. The third-order valence-electron chi connectivity index (χ3n) is 4.93. The van der Waals surface area contributed by atoms with Gasteiger partial charge in [0.05, 0.1) is 5.02 Å². The molecule has 2 N–H and O–H groups in total. The fourth-order valence-electron chi connectivity index (χ4n) is 2.99. The lowest BCUT2D eigenvalue weighted by molar-refractivity contribution is -0.122. The molecule has 166 valence electrons. The van der Waals surface area contributed by atoms with Crippen LogP contribution < -0.4 is 15.4 Å². The van der Waals surface area contributed by atoms with Crippen LogP contribution in [0, 0.1) is 0 Å². The molecule has 1 atom stereocenters. The molecule has 0 aromatic heterocycles. The maximum atomic E-state index is 12.5. The minimum atomic E-state index is -0.731. The minimum absolute atomic E-state index is 0.0329. The molecule has 0 aliphatic heterocycles. The average Bonchev–Trinajstić information content (AvgIpc) is 2.76. The number of para-hydroxylation sites is 1. The predicted octanol–water partition coefficient (Wildman–Crippen LogP) is 6.30. The van der Waals surface area contributed by atoms with Gasteiger partial charge in [-0.3, -0.25) is 9.59 Å². The summed E-state index contributed by atoms with van der Waals surface area (Å²) < 4.78 is 5.63. The Morgan fingerprint density at radius 1 is 0.844 bits per heavy atom. The third-order valence-corrected chi connectivity index (χ3v) is 5.25. The second-order valence-corrected chi connectivity index (χ2v) is 8.95. The predicted molar refractivity (Wildman–Crippen MR) is 130 cm³/mol. The van der Waals surface area contributed by atoms with Gasteiger partial charge < -0.3 is 15.4 Å². The number of rotatable bonds is 6. The number of carbonyl (C=O) groups is 2. The summed E-state index contributed by atoms with van der Waals surface area (Å²) >= 11 is 6.07. The van der Waals surface area contributed by atoms with Crippen LogP contribution in [0.5, 0.6) is 5.75 Å². The molecule has 3 aromatic rings. The zero-order valence-corrected chi connectivity index (χ0v) is 19.4. The second kappa shape index (κ2) is 9.88. The Morgan fingerprint density at radius 2 is 1.41 bits per heavy atom. The van der Waals surface area contributed by atoms with Gasteiger partial charge in [-0.25, -0.2) is 0 Å². The van der Waals surface area contributed by atoms with E-state index in [1.165, 1.54) is 5.56 Å². The van der Waals surface area contributed by atoms with Crippen molar-refractivity contribution in [3.8, 4) is 5.75 Å². The van der Waals surface area contributed by atoms with Gasteiger partial charge in [0.2, 0.25) is 0 Å². The van der Waals surface area contributed by atoms with E-state index in [4.69, 9.17) is 16.3 Å². The Bertz CT molecular complexity index is 1090. The smallest absolute Gasteiger partial charge is 0.265 e. The molecule has 0 aliphatic carbocycles. The molecule has 3 aromatic carbocycles. The van der Waals surface area contributed by atoms with Crippen LogP contribution in [-0.4, -0.2) is 17.9 Å². The van der Waals surface area contributed by atoms with Gasteiger partial charge in [0.1, 0.15) is 5.75 Å². The standard InChI is InChI=1S/C26H27ClN2O3/c1-17(32-23-8-6-5-7-22(23)27)24(30)28-20-13-15-21(16-14-20)29-25(31)18-9-11-19(12-10-18)26(2,3)4/h5-17H,1-4H3,(H,28,30)(H,29,31)/t17-/m0/s1. The highest BCUT2D eigenvalue weighted by Gasteiger charge is 2.17. The highest BCUT2D eigenvalue weighted by Crippen LogP contribution is 2.25. The molecule has 3 rings (SSSR count). The van der Waals surface area contributed by atoms with E-state index in [1.54, 1.807) is 55.5 Å². The molecule has 5 nitrogen and oxygen atoms in total. The minimum Gasteiger partial charge on any atom is -0.479 e. The first-order valence-electron chi connectivity index (χ1n) is 10.4. The Balaban J connectivity index is 1.57. The van der Waals surface area contributed by atoms with Crippen molar-refractivity contribution in [1.29, 1.82) is 0 Å². The van der Waals surface area contributed by atoms with Crippen LogP contribution in [0.15, 0.2) is 72.8 Å². The van der Waals surface area contributed by atoms with Gasteiger partial charge in [-0.1, -0.05) is 56.6 Å². The normalized spacial score (nSPS) is 12.0. The molecule has 0 heterocycles. The molecular formula is C26H27ClN2O3. The molecular weight excluding hydrogens is 424 g/mol. The summed E-state index contributed by atoms with van der Waals surface area (Å²) in [5.41, 5.74) is 3.01. The van der Waals surface area contributed by atoms with Crippen molar-refractivity contribution in [2.24, 2.45) is 0 Å². The van der Waals surface area contributed by atoms with E-state index < -0.39 is 6.10 Å². The Kier molecular flexibility index (Phi) is 7.21. The average molecular weight is 451 g/mol. The summed E-state index contributed by atoms with van der Waals surface area (Å²) in [7, 11) is 0. The summed E-state index contributed by atoms with van der Waals surface area (Å²) in [5.74, 6) is -0.0462. The summed E-state index contributed by atoms with van der Waals surface area (Å²) in [5, 5.41) is 6.11. The maximum absolute atomic E-state index is 12.5. The van der Waals surface area contributed by atoms with Gasteiger partial charge in [-0.2, -0.15) is 0 Å². The fourth-order valence-corrected chi connectivity index (χ4v) is 3.17. The fraction of sp³-hybridized carbons (Fsp3) is 0.231. The highest BCUT2D eigenvalue weighted by molar-refractivity contribution is 6.32.